The average molecular weight is 339 g/mol. The van der Waals surface area contributed by atoms with E-state index in [1.807, 2.05) is 0 Å². The number of hydrogen-bond acceptors (Lipinski definition) is 6. The van der Waals surface area contributed by atoms with Crippen molar-refractivity contribution in [2.45, 2.75) is 29.4 Å². The van der Waals surface area contributed by atoms with Crippen LogP contribution in [0.2, 0.25) is 0 Å². The van der Waals surface area contributed by atoms with E-state index in [2.05, 4.69) is 0 Å². The van der Waals surface area contributed by atoms with Crippen molar-refractivity contribution >= 4 is 17.4 Å². The predicted molar refractivity (Wildman–Crippen MR) is 70.6 cm³/mol. The molecule has 0 spiro atoms. The summed E-state index contributed by atoms with van der Waals surface area (Å²) in [6, 6.07) is 2.25. The van der Waals surface area contributed by atoms with Gasteiger partial charge in [0.25, 0.3) is 5.69 Å². The highest BCUT2D eigenvalue weighted by Gasteiger charge is 2.36. The van der Waals surface area contributed by atoms with Crippen LogP contribution >= 0.6 is 11.8 Å². The molecule has 0 aromatic heterocycles. The number of hydrogen-bond donors (Lipinski definition) is 2. The SMILES string of the molecule is O=[N+]([O-])c1cc(C(F)(F)F)ccc1SCC1OCC(O)C1O. The average Bonchev–Trinajstić information content (AvgIpc) is 2.75. The lowest BCUT2D eigenvalue weighted by molar-refractivity contribution is -0.388. The normalized spacial score (nSPS) is 25.4. The van der Waals surface area contributed by atoms with E-state index in [0.29, 0.717) is 6.07 Å². The summed E-state index contributed by atoms with van der Waals surface area (Å²) in [6.07, 6.45) is -7.56. The van der Waals surface area contributed by atoms with Gasteiger partial charge in [0.1, 0.15) is 12.2 Å². The molecule has 122 valence electrons. The van der Waals surface area contributed by atoms with Crippen molar-refractivity contribution in [2.75, 3.05) is 12.4 Å². The molecule has 0 saturated carbocycles. The fourth-order valence-electron chi connectivity index (χ4n) is 1.94. The Morgan fingerprint density at radius 2 is 2.09 bits per heavy atom. The molecule has 0 radical (unpaired) electrons. The van der Waals surface area contributed by atoms with Crippen LogP contribution in [0.15, 0.2) is 23.1 Å². The van der Waals surface area contributed by atoms with Gasteiger partial charge in [0.2, 0.25) is 0 Å². The molecule has 1 aromatic carbocycles. The summed E-state index contributed by atoms with van der Waals surface area (Å²) in [6.45, 7) is -0.0541. The first-order chi connectivity index (χ1) is 10.2. The van der Waals surface area contributed by atoms with E-state index in [9.17, 15) is 33.5 Å². The molecule has 1 fully saturated rings. The zero-order chi connectivity index (χ0) is 16.5. The maximum Gasteiger partial charge on any atom is 0.416 e. The van der Waals surface area contributed by atoms with Gasteiger partial charge >= 0.3 is 6.18 Å². The van der Waals surface area contributed by atoms with E-state index in [1.165, 1.54) is 0 Å². The number of aliphatic hydroxyl groups excluding tert-OH is 2. The van der Waals surface area contributed by atoms with E-state index in [0.717, 1.165) is 23.9 Å². The van der Waals surface area contributed by atoms with Gasteiger partial charge in [-0.15, -0.1) is 11.8 Å². The van der Waals surface area contributed by atoms with Crippen LogP contribution < -0.4 is 0 Å². The largest absolute Gasteiger partial charge is 0.416 e. The minimum Gasteiger partial charge on any atom is -0.388 e. The van der Waals surface area contributed by atoms with Crippen molar-refractivity contribution in [1.82, 2.24) is 0 Å². The van der Waals surface area contributed by atoms with Crippen molar-refractivity contribution in [1.29, 1.82) is 0 Å². The van der Waals surface area contributed by atoms with Crippen LogP contribution in [0.1, 0.15) is 5.56 Å². The van der Waals surface area contributed by atoms with Gasteiger partial charge in [-0.1, -0.05) is 0 Å². The smallest absolute Gasteiger partial charge is 0.388 e. The number of halogens is 3. The Labute approximate surface area is 127 Å². The Balaban J connectivity index is 2.15. The summed E-state index contributed by atoms with van der Waals surface area (Å²) >= 11 is 0.893. The van der Waals surface area contributed by atoms with Crippen LogP contribution in [0.3, 0.4) is 0 Å². The molecule has 1 saturated heterocycles. The third-order valence-corrected chi connectivity index (χ3v) is 4.29. The van der Waals surface area contributed by atoms with Crippen molar-refractivity contribution < 1.29 is 33.0 Å². The Kier molecular flexibility index (Phi) is 4.95. The van der Waals surface area contributed by atoms with Crippen LogP contribution in [-0.2, 0) is 10.9 Å². The minimum absolute atomic E-state index is 0.0372. The quantitative estimate of drug-likeness (QED) is 0.494. The summed E-state index contributed by atoms with van der Waals surface area (Å²) in [4.78, 5) is 10.1. The highest BCUT2D eigenvalue weighted by molar-refractivity contribution is 7.99. The van der Waals surface area contributed by atoms with E-state index >= 15 is 0 Å². The molecule has 6 nitrogen and oxygen atoms in total. The lowest BCUT2D eigenvalue weighted by Crippen LogP contribution is -2.31. The Hall–Kier alpha value is -1.36. The molecule has 22 heavy (non-hydrogen) atoms. The van der Waals surface area contributed by atoms with Gasteiger partial charge in [-0.25, -0.2) is 0 Å². The molecule has 0 aliphatic carbocycles. The fraction of sp³-hybridized carbons (Fsp3) is 0.500. The number of nitro benzene ring substituents is 1. The number of nitro groups is 1. The lowest BCUT2D eigenvalue weighted by Gasteiger charge is -2.14. The predicted octanol–water partition coefficient (Wildman–Crippen LogP) is 1.83. The molecule has 10 heteroatoms. The summed E-state index contributed by atoms with van der Waals surface area (Å²) < 4.78 is 42.8. The number of rotatable bonds is 4. The standard InChI is InChI=1S/C12H12F3NO5S/c13-12(14,15)6-1-2-10(7(3-6)16(19)20)22-5-9-11(18)8(17)4-21-9/h1-3,8-9,11,17-18H,4-5H2. The number of thioether (sulfide) groups is 1. The second-order valence-electron chi connectivity index (χ2n) is 4.68. The molecule has 1 aromatic rings. The first kappa shape index (κ1) is 17.0. The highest BCUT2D eigenvalue weighted by atomic mass is 32.2. The van der Waals surface area contributed by atoms with E-state index in [4.69, 9.17) is 4.74 Å². The number of benzene rings is 1. The molecule has 2 rings (SSSR count). The maximum absolute atomic E-state index is 12.6. The third-order valence-electron chi connectivity index (χ3n) is 3.14. The summed E-state index contributed by atoms with van der Waals surface area (Å²) in [7, 11) is 0. The summed E-state index contributed by atoms with van der Waals surface area (Å²) in [5.74, 6) is 0.0738. The van der Waals surface area contributed by atoms with Crippen molar-refractivity contribution in [3.05, 3.63) is 33.9 Å². The van der Waals surface area contributed by atoms with Crippen LogP contribution in [0, 0.1) is 10.1 Å². The topological polar surface area (TPSA) is 92.8 Å². The summed E-state index contributed by atoms with van der Waals surface area (Å²) in [5, 5.41) is 29.8. The van der Waals surface area contributed by atoms with Gasteiger partial charge in [-0.2, -0.15) is 13.2 Å². The molecule has 0 amide bonds. The Bertz CT molecular complexity index is 568. The second-order valence-corrected chi connectivity index (χ2v) is 5.74. The summed E-state index contributed by atoms with van der Waals surface area (Å²) in [5.41, 5.74) is -1.76. The van der Waals surface area contributed by atoms with Gasteiger partial charge < -0.3 is 14.9 Å². The molecule has 3 unspecified atom stereocenters. The van der Waals surface area contributed by atoms with Gasteiger partial charge in [-0.3, -0.25) is 10.1 Å². The van der Waals surface area contributed by atoms with Crippen molar-refractivity contribution in [2.24, 2.45) is 0 Å². The van der Waals surface area contributed by atoms with E-state index in [-0.39, 0.29) is 17.3 Å². The van der Waals surface area contributed by atoms with Crippen molar-refractivity contribution in [3.8, 4) is 0 Å². The second kappa shape index (κ2) is 6.41. The van der Waals surface area contributed by atoms with Crippen LogP contribution in [0.4, 0.5) is 18.9 Å². The molecule has 0 bridgehead atoms. The molecule has 3 atom stereocenters. The van der Waals surface area contributed by atoms with Gasteiger partial charge in [0.05, 0.1) is 28.1 Å². The number of nitrogens with zero attached hydrogens (tertiary/aromatic N) is 1. The first-order valence-corrected chi connectivity index (χ1v) is 7.15. The molecular weight excluding hydrogens is 327 g/mol. The highest BCUT2D eigenvalue weighted by Crippen LogP contribution is 2.37. The number of alkyl halides is 3. The zero-order valence-electron chi connectivity index (χ0n) is 11.0. The molecular formula is C12H12F3NO5S. The maximum atomic E-state index is 12.6. The molecule has 2 N–H and O–H groups in total. The zero-order valence-corrected chi connectivity index (χ0v) is 11.8. The number of aliphatic hydroxyl groups is 2. The fourth-order valence-corrected chi connectivity index (χ4v) is 3.03. The van der Waals surface area contributed by atoms with Crippen LogP contribution in [0.5, 0.6) is 0 Å². The van der Waals surface area contributed by atoms with Gasteiger partial charge in [0.15, 0.2) is 0 Å². The molecule has 1 aliphatic rings. The monoisotopic (exact) mass is 339 g/mol. The van der Waals surface area contributed by atoms with Crippen molar-refractivity contribution in [3.63, 3.8) is 0 Å². The van der Waals surface area contributed by atoms with Gasteiger partial charge in [-0.05, 0) is 12.1 Å². The Morgan fingerprint density at radius 1 is 1.41 bits per heavy atom. The van der Waals surface area contributed by atoms with Crippen LogP contribution in [0.25, 0.3) is 0 Å². The molecule has 1 heterocycles. The Morgan fingerprint density at radius 3 is 2.59 bits per heavy atom. The minimum atomic E-state index is -4.66. The van der Waals surface area contributed by atoms with E-state index in [1.54, 1.807) is 0 Å². The lowest BCUT2D eigenvalue weighted by atomic mass is 10.2. The van der Waals surface area contributed by atoms with Gasteiger partial charge in [0, 0.05) is 11.8 Å². The van der Waals surface area contributed by atoms with Crippen LogP contribution in [-0.4, -0.2) is 45.8 Å². The first-order valence-electron chi connectivity index (χ1n) is 6.16. The molecule has 1 aliphatic heterocycles. The third kappa shape index (κ3) is 3.69. The van der Waals surface area contributed by atoms with E-state index < -0.39 is 40.7 Å². The number of ether oxygens (including phenoxy) is 1.